The molecule has 1 N–H and O–H groups in total. The highest BCUT2D eigenvalue weighted by Gasteiger charge is 2.23. The molecule has 0 atom stereocenters. The molecule has 0 saturated carbocycles. The number of benzene rings is 2. The van der Waals surface area contributed by atoms with Gasteiger partial charge in [-0.25, -0.2) is 0 Å². The van der Waals surface area contributed by atoms with Gasteiger partial charge in [-0.2, -0.15) is 0 Å². The molecule has 3 heteroatoms. The fourth-order valence-electron chi connectivity index (χ4n) is 2.03. The molecular weight excluding hydrogens is 290 g/mol. The first kappa shape index (κ1) is 11.2. The quantitative estimate of drug-likeness (QED) is 0.794. The molecule has 0 aliphatic carbocycles. The van der Waals surface area contributed by atoms with E-state index in [4.69, 9.17) is 0 Å². The van der Waals surface area contributed by atoms with Crippen LogP contribution in [0.25, 0.3) is 11.6 Å². The van der Waals surface area contributed by atoms with Crippen molar-refractivity contribution >= 4 is 39.2 Å². The van der Waals surface area contributed by atoms with Crippen LogP contribution in [0.15, 0.2) is 53.0 Å². The van der Waals surface area contributed by atoms with Crippen LogP contribution in [0.1, 0.15) is 11.1 Å². The van der Waals surface area contributed by atoms with Gasteiger partial charge >= 0.3 is 0 Å². The number of rotatable bonds is 1. The van der Waals surface area contributed by atoms with Crippen molar-refractivity contribution in [3.8, 4) is 0 Å². The number of halogens is 1. The Labute approximate surface area is 113 Å². The molecule has 1 heterocycles. The Balaban J connectivity index is 2.10. The summed E-state index contributed by atoms with van der Waals surface area (Å²) in [6, 6.07) is 15.7. The summed E-state index contributed by atoms with van der Waals surface area (Å²) in [6.07, 6.45) is 1.91. The largest absolute Gasteiger partial charge is 0.321 e. The van der Waals surface area contributed by atoms with Crippen LogP contribution in [0.2, 0.25) is 0 Å². The topological polar surface area (TPSA) is 29.1 Å². The summed E-state index contributed by atoms with van der Waals surface area (Å²) >= 11 is 3.40. The first-order valence-corrected chi connectivity index (χ1v) is 6.41. The maximum Gasteiger partial charge on any atom is 0.256 e. The molecule has 0 unspecified atom stereocenters. The first-order chi connectivity index (χ1) is 8.74. The van der Waals surface area contributed by atoms with E-state index in [1.54, 1.807) is 0 Å². The number of hydrogen-bond donors (Lipinski definition) is 1. The molecule has 0 fully saturated rings. The smallest absolute Gasteiger partial charge is 0.256 e. The van der Waals surface area contributed by atoms with Crippen molar-refractivity contribution in [1.82, 2.24) is 0 Å². The van der Waals surface area contributed by atoms with Gasteiger partial charge in [-0.15, -0.1) is 0 Å². The van der Waals surface area contributed by atoms with Gasteiger partial charge in [0.15, 0.2) is 0 Å². The van der Waals surface area contributed by atoms with Gasteiger partial charge in [-0.05, 0) is 23.8 Å². The molecule has 18 heavy (non-hydrogen) atoms. The molecule has 2 nitrogen and oxygen atoms in total. The number of carbonyl (C=O) groups excluding carboxylic acids is 1. The summed E-state index contributed by atoms with van der Waals surface area (Å²) < 4.78 is 0.961. The van der Waals surface area contributed by atoms with E-state index in [0.29, 0.717) is 5.57 Å². The molecule has 0 aromatic heterocycles. The second kappa shape index (κ2) is 4.42. The number of carbonyl (C=O) groups is 1. The molecule has 0 saturated heterocycles. The van der Waals surface area contributed by atoms with Crippen LogP contribution in [0.3, 0.4) is 0 Å². The van der Waals surface area contributed by atoms with Crippen LogP contribution in [0, 0.1) is 0 Å². The van der Waals surface area contributed by atoms with Gasteiger partial charge in [-0.1, -0.05) is 52.3 Å². The van der Waals surface area contributed by atoms with Gasteiger partial charge in [-0.3, -0.25) is 4.79 Å². The molecule has 0 spiro atoms. The number of anilines is 1. The van der Waals surface area contributed by atoms with Crippen LogP contribution >= 0.6 is 15.9 Å². The minimum Gasteiger partial charge on any atom is -0.321 e. The first-order valence-electron chi connectivity index (χ1n) is 5.62. The average Bonchev–Trinajstić information content (AvgIpc) is 2.66. The zero-order valence-corrected chi connectivity index (χ0v) is 11.1. The zero-order valence-electron chi connectivity index (χ0n) is 9.48. The fraction of sp³-hybridized carbons (Fsp3) is 0. The Morgan fingerprint density at radius 1 is 1.06 bits per heavy atom. The molecule has 2 aromatic rings. The highest BCUT2D eigenvalue weighted by molar-refractivity contribution is 9.10. The Morgan fingerprint density at radius 2 is 1.83 bits per heavy atom. The van der Waals surface area contributed by atoms with Crippen molar-refractivity contribution < 1.29 is 4.79 Å². The van der Waals surface area contributed by atoms with Crippen LogP contribution in [0.5, 0.6) is 0 Å². The minimum absolute atomic E-state index is 0.0491. The SMILES string of the molecule is O=C1Nc2cc(Br)ccc2/C1=C\c1ccccc1. The predicted octanol–water partition coefficient (Wildman–Crippen LogP) is 3.94. The van der Waals surface area contributed by atoms with Crippen LogP contribution in [-0.2, 0) is 4.79 Å². The Kier molecular flexibility index (Phi) is 2.76. The summed E-state index contributed by atoms with van der Waals surface area (Å²) in [5, 5.41) is 2.87. The summed E-state index contributed by atoms with van der Waals surface area (Å²) in [5.41, 5.74) is 3.55. The monoisotopic (exact) mass is 299 g/mol. The van der Waals surface area contributed by atoms with Crippen molar-refractivity contribution in [2.75, 3.05) is 5.32 Å². The van der Waals surface area contributed by atoms with Crippen LogP contribution in [-0.4, -0.2) is 5.91 Å². The third-order valence-electron chi connectivity index (χ3n) is 2.88. The third kappa shape index (κ3) is 1.97. The minimum atomic E-state index is -0.0491. The lowest BCUT2D eigenvalue weighted by Gasteiger charge is -1.99. The van der Waals surface area contributed by atoms with E-state index < -0.39 is 0 Å². The lowest BCUT2D eigenvalue weighted by atomic mass is 10.0. The van der Waals surface area contributed by atoms with Gasteiger partial charge in [0.1, 0.15) is 0 Å². The van der Waals surface area contributed by atoms with Gasteiger partial charge in [0.05, 0.1) is 5.69 Å². The Bertz CT molecular complexity index is 647. The fourth-order valence-corrected chi connectivity index (χ4v) is 2.39. The van der Waals surface area contributed by atoms with E-state index >= 15 is 0 Å². The van der Waals surface area contributed by atoms with Gasteiger partial charge in [0.2, 0.25) is 0 Å². The molecule has 1 aliphatic heterocycles. The van der Waals surface area contributed by atoms with Crippen LogP contribution in [0.4, 0.5) is 5.69 Å². The molecule has 1 amide bonds. The standard InChI is InChI=1S/C15H10BrNO/c16-11-6-7-12-13(15(18)17-14(12)9-11)8-10-4-2-1-3-5-10/h1-9H,(H,17,18)/b13-8+. The molecule has 88 valence electrons. The zero-order chi connectivity index (χ0) is 12.5. The molecule has 2 aromatic carbocycles. The van der Waals surface area contributed by atoms with Gasteiger partial charge in [0.25, 0.3) is 5.91 Å². The molecular formula is C15H10BrNO. The van der Waals surface area contributed by atoms with E-state index in [9.17, 15) is 4.79 Å². The predicted molar refractivity (Wildman–Crippen MR) is 77.1 cm³/mol. The normalized spacial score (nSPS) is 15.6. The van der Waals surface area contributed by atoms with E-state index in [-0.39, 0.29) is 5.91 Å². The molecule has 3 rings (SSSR count). The van der Waals surface area contributed by atoms with Gasteiger partial charge < -0.3 is 5.32 Å². The summed E-state index contributed by atoms with van der Waals surface area (Å²) in [4.78, 5) is 12.0. The Hall–Kier alpha value is -1.87. The number of fused-ring (bicyclic) bond motifs is 1. The van der Waals surface area contributed by atoms with E-state index in [2.05, 4.69) is 21.2 Å². The van der Waals surface area contributed by atoms with Gasteiger partial charge in [0, 0.05) is 15.6 Å². The summed E-state index contributed by atoms with van der Waals surface area (Å²) in [7, 11) is 0. The Morgan fingerprint density at radius 3 is 2.61 bits per heavy atom. The molecule has 0 bridgehead atoms. The van der Waals surface area contributed by atoms with Crippen molar-refractivity contribution in [3.05, 3.63) is 64.1 Å². The summed E-state index contributed by atoms with van der Waals surface area (Å²) in [5.74, 6) is -0.0491. The van der Waals surface area contributed by atoms with E-state index in [1.165, 1.54) is 0 Å². The highest BCUT2D eigenvalue weighted by atomic mass is 79.9. The summed E-state index contributed by atoms with van der Waals surface area (Å²) in [6.45, 7) is 0. The lowest BCUT2D eigenvalue weighted by Crippen LogP contribution is -2.03. The highest BCUT2D eigenvalue weighted by Crippen LogP contribution is 2.34. The van der Waals surface area contributed by atoms with Crippen LogP contribution < -0.4 is 5.32 Å². The lowest BCUT2D eigenvalue weighted by molar-refractivity contribution is -0.110. The van der Waals surface area contributed by atoms with E-state index in [1.807, 2.05) is 54.6 Å². The van der Waals surface area contributed by atoms with Crippen molar-refractivity contribution in [2.45, 2.75) is 0 Å². The van der Waals surface area contributed by atoms with Crippen molar-refractivity contribution in [1.29, 1.82) is 0 Å². The second-order valence-corrected chi connectivity index (χ2v) is 5.03. The third-order valence-corrected chi connectivity index (χ3v) is 3.37. The second-order valence-electron chi connectivity index (χ2n) is 4.11. The van der Waals surface area contributed by atoms with Crippen molar-refractivity contribution in [2.24, 2.45) is 0 Å². The average molecular weight is 300 g/mol. The van der Waals surface area contributed by atoms with Crippen molar-refractivity contribution in [3.63, 3.8) is 0 Å². The molecule has 0 radical (unpaired) electrons. The maximum absolute atomic E-state index is 12.0. The molecule has 1 aliphatic rings. The number of nitrogens with one attached hydrogen (secondary N) is 1. The number of hydrogen-bond acceptors (Lipinski definition) is 1. The number of amides is 1. The maximum atomic E-state index is 12.0. The van der Waals surface area contributed by atoms with E-state index in [0.717, 1.165) is 21.3 Å².